The van der Waals surface area contributed by atoms with Gasteiger partial charge in [0.05, 0.1) is 25.4 Å². The Bertz CT molecular complexity index is 1180. The number of fused-ring (bicyclic) bond motifs is 3. The van der Waals surface area contributed by atoms with Crippen molar-refractivity contribution in [2.45, 2.75) is 81.6 Å². The van der Waals surface area contributed by atoms with Gasteiger partial charge in [-0.25, -0.2) is 0 Å². The number of benzene rings is 1. The second-order valence-electron chi connectivity index (χ2n) is 11.7. The van der Waals surface area contributed by atoms with Crippen LogP contribution in [0.3, 0.4) is 0 Å². The van der Waals surface area contributed by atoms with E-state index >= 15 is 0 Å². The minimum absolute atomic E-state index is 0.158. The number of carbonyl (C=O) groups is 2. The zero-order valence-electron chi connectivity index (χ0n) is 22.7. The van der Waals surface area contributed by atoms with E-state index in [1.54, 1.807) is 7.11 Å². The zero-order valence-corrected chi connectivity index (χ0v) is 22.7. The largest absolute Gasteiger partial charge is 0.500 e. The molecule has 0 saturated carbocycles. The van der Waals surface area contributed by atoms with Gasteiger partial charge in [0, 0.05) is 12.3 Å². The van der Waals surface area contributed by atoms with Crippen molar-refractivity contribution < 1.29 is 38.0 Å². The summed E-state index contributed by atoms with van der Waals surface area (Å²) in [5.41, 5.74) is 1.33. The Morgan fingerprint density at radius 1 is 1.05 bits per heavy atom. The van der Waals surface area contributed by atoms with Crippen molar-refractivity contribution in [1.29, 1.82) is 0 Å². The number of methoxy groups -OCH3 is 2. The average Bonchev–Trinajstić information content (AvgIpc) is 3.63. The number of carbonyl (C=O) groups excluding carboxylic acids is 2. The number of hydrogen-bond donors (Lipinski definition) is 0. The molecule has 4 aliphatic heterocycles. The Morgan fingerprint density at radius 3 is 2.53 bits per heavy atom. The van der Waals surface area contributed by atoms with Crippen molar-refractivity contribution in [3.63, 3.8) is 0 Å². The summed E-state index contributed by atoms with van der Waals surface area (Å²) in [7, 11) is 2.94. The van der Waals surface area contributed by atoms with Gasteiger partial charge >= 0.3 is 11.9 Å². The van der Waals surface area contributed by atoms with E-state index in [2.05, 4.69) is 23.1 Å². The summed E-state index contributed by atoms with van der Waals surface area (Å²) >= 11 is 0. The van der Waals surface area contributed by atoms with E-state index < -0.39 is 29.2 Å². The van der Waals surface area contributed by atoms with E-state index in [0.717, 1.165) is 55.6 Å². The highest BCUT2D eigenvalue weighted by Gasteiger charge is 2.60. The number of nitrogens with zero attached hydrogens (tertiary/aromatic N) is 1. The molecule has 6 rings (SSSR count). The highest BCUT2D eigenvalue weighted by molar-refractivity contribution is 5.80. The fourth-order valence-electron chi connectivity index (χ4n) is 7.36. The molecule has 206 valence electrons. The third-order valence-electron chi connectivity index (χ3n) is 9.00. The van der Waals surface area contributed by atoms with Gasteiger partial charge in [-0.2, -0.15) is 0 Å². The Labute approximate surface area is 223 Å². The third-order valence-corrected chi connectivity index (χ3v) is 9.00. The predicted molar refractivity (Wildman–Crippen MR) is 136 cm³/mol. The molecule has 1 aromatic carbocycles. The Hall–Kier alpha value is -2.78. The molecule has 9 heteroatoms. The van der Waals surface area contributed by atoms with Crippen LogP contribution in [0.2, 0.25) is 0 Å². The smallest absolute Gasteiger partial charge is 0.319 e. The first-order valence-corrected chi connectivity index (χ1v) is 13.6. The van der Waals surface area contributed by atoms with Crippen LogP contribution in [0.1, 0.15) is 69.4 Å². The lowest BCUT2D eigenvalue weighted by Crippen LogP contribution is -2.50. The van der Waals surface area contributed by atoms with E-state index in [4.69, 9.17) is 28.4 Å². The van der Waals surface area contributed by atoms with E-state index in [1.807, 2.05) is 13.8 Å². The Morgan fingerprint density at radius 2 is 1.82 bits per heavy atom. The van der Waals surface area contributed by atoms with Crippen molar-refractivity contribution in [3.8, 4) is 11.5 Å². The molecule has 1 aliphatic carbocycles. The van der Waals surface area contributed by atoms with Crippen LogP contribution in [0.5, 0.6) is 11.5 Å². The molecule has 0 aromatic heterocycles. The van der Waals surface area contributed by atoms with E-state index in [-0.39, 0.29) is 24.7 Å². The summed E-state index contributed by atoms with van der Waals surface area (Å²) in [5.74, 6) is -1.19. The van der Waals surface area contributed by atoms with E-state index in [1.165, 1.54) is 7.11 Å². The molecule has 0 N–H and O–H groups in total. The molecule has 1 spiro atoms. The van der Waals surface area contributed by atoms with Crippen LogP contribution in [0.25, 0.3) is 0 Å². The lowest BCUT2D eigenvalue weighted by atomic mass is 9.72. The van der Waals surface area contributed by atoms with Crippen LogP contribution in [-0.2, 0) is 35.0 Å². The number of hydrogen-bond acceptors (Lipinski definition) is 9. The summed E-state index contributed by atoms with van der Waals surface area (Å²) in [5, 5.41) is 0. The first-order chi connectivity index (χ1) is 18.2. The van der Waals surface area contributed by atoms with Gasteiger partial charge in [-0.1, -0.05) is 0 Å². The average molecular weight is 528 g/mol. The molecule has 0 radical (unpaired) electrons. The van der Waals surface area contributed by atoms with Gasteiger partial charge in [0.1, 0.15) is 18.1 Å². The molecular weight excluding hydrogens is 490 g/mol. The van der Waals surface area contributed by atoms with Crippen molar-refractivity contribution in [2.24, 2.45) is 5.92 Å². The summed E-state index contributed by atoms with van der Waals surface area (Å²) in [6, 6.07) is 4.13. The highest BCUT2D eigenvalue weighted by atomic mass is 16.7. The summed E-state index contributed by atoms with van der Waals surface area (Å²) in [4.78, 5) is 29.2. The van der Waals surface area contributed by atoms with Crippen LogP contribution in [0.15, 0.2) is 24.0 Å². The van der Waals surface area contributed by atoms with Crippen molar-refractivity contribution in [3.05, 3.63) is 35.1 Å². The second-order valence-corrected chi connectivity index (χ2v) is 11.7. The maximum atomic E-state index is 14.3. The minimum Gasteiger partial charge on any atom is -0.500 e. The molecule has 4 atom stereocenters. The van der Waals surface area contributed by atoms with E-state index in [9.17, 15) is 9.59 Å². The van der Waals surface area contributed by atoms with Gasteiger partial charge in [-0.15, -0.1) is 0 Å². The molecule has 0 amide bonds. The van der Waals surface area contributed by atoms with Gasteiger partial charge in [-0.3, -0.25) is 14.5 Å². The predicted octanol–water partition coefficient (Wildman–Crippen LogP) is 3.83. The van der Waals surface area contributed by atoms with Gasteiger partial charge in [-0.05, 0) is 88.4 Å². The topological polar surface area (TPSA) is 92.8 Å². The van der Waals surface area contributed by atoms with Crippen molar-refractivity contribution in [2.75, 3.05) is 34.1 Å². The standard InChI is InChI=1S/C29H37NO8/c1-27(2)9-10-29(38-27,16-23(31)34-4)37-26(32)24-22(33-3)15-28-8-6-12-30(28)11-5-7-18-13-20-21(36-17-35-20)14-19(18)25(24)28/h13-15,24-25H,5-12,16-17H2,1-4H3. The monoisotopic (exact) mass is 527 g/mol. The molecule has 2 fully saturated rings. The number of aryl methyl sites for hydroxylation is 1. The van der Waals surface area contributed by atoms with E-state index in [0.29, 0.717) is 24.4 Å². The number of ether oxygens (including phenoxy) is 6. The van der Waals surface area contributed by atoms with Gasteiger partial charge in [0.2, 0.25) is 12.6 Å². The zero-order chi connectivity index (χ0) is 26.7. The fourth-order valence-corrected chi connectivity index (χ4v) is 7.36. The first kappa shape index (κ1) is 25.5. The fraction of sp³-hybridized carbons (Fsp3) is 0.655. The summed E-state index contributed by atoms with van der Waals surface area (Å²) < 4.78 is 34.8. The van der Waals surface area contributed by atoms with Crippen molar-refractivity contribution in [1.82, 2.24) is 4.90 Å². The molecular formula is C29H37NO8. The number of esters is 2. The quantitative estimate of drug-likeness (QED) is 0.530. The molecule has 2 saturated heterocycles. The molecule has 4 heterocycles. The lowest BCUT2D eigenvalue weighted by Gasteiger charge is -2.43. The normalized spacial score (nSPS) is 32.9. The molecule has 4 unspecified atom stereocenters. The molecule has 38 heavy (non-hydrogen) atoms. The lowest BCUT2D eigenvalue weighted by molar-refractivity contribution is -0.245. The van der Waals surface area contributed by atoms with Gasteiger partial charge in [0.15, 0.2) is 11.5 Å². The Balaban J connectivity index is 1.43. The third kappa shape index (κ3) is 4.06. The van der Waals surface area contributed by atoms with Crippen LogP contribution >= 0.6 is 0 Å². The van der Waals surface area contributed by atoms with Crippen LogP contribution in [0.4, 0.5) is 0 Å². The Kier molecular flexibility index (Phi) is 6.14. The molecule has 1 aromatic rings. The van der Waals surface area contributed by atoms with Crippen molar-refractivity contribution >= 4 is 11.9 Å². The van der Waals surface area contributed by atoms with Gasteiger partial charge < -0.3 is 28.4 Å². The van der Waals surface area contributed by atoms with Crippen LogP contribution in [0, 0.1) is 5.92 Å². The maximum Gasteiger partial charge on any atom is 0.319 e. The summed E-state index contributed by atoms with van der Waals surface area (Å²) in [6.45, 7) is 5.97. The molecule has 0 bridgehead atoms. The SMILES string of the molecule is COC(=O)CC1(OC(=O)C2C(OC)=CC34CCCN3CCCc3cc5c(cc3C24)OCO5)CCC(C)(C)O1. The second kappa shape index (κ2) is 9.16. The molecule has 5 aliphatic rings. The molecule has 9 nitrogen and oxygen atoms in total. The highest BCUT2D eigenvalue weighted by Crippen LogP contribution is 2.57. The first-order valence-electron chi connectivity index (χ1n) is 13.6. The number of rotatable bonds is 5. The van der Waals surface area contributed by atoms with Gasteiger partial charge in [0.25, 0.3) is 0 Å². The van der Waals surface area contributed by atoms with Crippen LogP contribution in [-0.4, -0.2) is 67.9 Å². The maximum absolute atomic E-state index is 14.3. The van der Waals surface area contributed by atoms with Crippen LogP contribution < -0.4 is 9.47 Å². The minimum atomic E-state index is -1.38. The summed E-state index contributed by atoms with van der Waals surface area (Å²) in [6.07, 6.45) is 6.91.